The Morgan fingerprint density at radius 1 is 1.05 bits per heavy atom. The number of fused-ring (bicyclic) bond motifs is 1. The van der Waals surface area contributed by atoms with Gasteiger partial charge in [-0.1, -0.05) is 84.2 Å². The molecule has 2 heterocycles. The normalized spacial score (nSPS) is 17.5. The molecule has 0 bridgehead atoms. The maximum Gasteiger partial charge on any atom is 0.356 e. The fourth-order valence-electron chi connectivity index (χ4n) is 4.61. The summed E-state index contributed by atoms with van der Waals surface area (Å²) in [6.07, 6.45) is 0.158. The van der Waals surface area contributed by atoms with Gasteiger partial charge in [0.05, 0.1) is 13.5 Å². The van der Waals surface area contributed by atoms with Crippen LogP contribution in [0.3, 0.4) is 0 Å². The Balaban J connectivity index is 1.37. The summed E-state index contributed by atoms with van der Waals surface area (Å²) in [5.74, 6) is 0.420. The van der Waals surface area contributed by atoms with E-state index in [-0.39, 0.29) is 35.7 Å². The van der Waals surface area contributed by atoms with E-state index >= 15 is 0 Å². The highest BCUT2D eigenvalue weighted by Crippen LogP contribution is 2.46. The number of nitrogens with two attached hydrogens (primary N) is 1. The molecule has 1 saturated heterocycles. The van der Waals surface area contributed by atoms with Gasteiger partial charge in [-0.15, -0.1) is 11.8 Å². The molecule has 0 aromatic heterocycles. The number of hydrogen-bond acceptors (Lipinski definition) is 9. The maximum atomic E-state index is 13.6. The van der Waals surface area contributed by atoms with E-state index in [0.717, 1.165) is 21.6 Å². The van der Waals surface area contributed by atoms with Gasteiger partial charge in [0.25, 0.3) is 5.91 Å². The predicted octanol–water partition coefficient (Wildman–Crippen LogP) is 4.51. The van der Waals surface area contributed by atoms with Crippen LogP contribution in [0, 0.1) is 5.41 Å². The van der Waals surface area contributed by atoms with Crippen LogP contribution in [0.25, 0.3) is 0 Å². The summed E-state index contributed by atoms with van der Waals surface area (Å²) in [6.45, 7) is 0.0210. The molecule has 2 aliphatic heterocycles. The van der Waals surface area contributed by atoms with Crippen molar-refractivity contribution in [3.8, 4) is 5.75 Å². The molecule has 0 unspecified atom stereocenters. The summed E-state index contributed by atoms with van der Waals surface area (Å²) in [4.78, 5) is 42.9. The quantitative estimate of drug-likeness (QED) is 0.121. The Morgan fingerprint density at radius 3 is 2.49 bits per heavy atom. The third kappa shape index (κ3) is 7.38. The van der Waals surface area contributed by atoms with E-state index in [2.05, 4.69) is 5.32 Å². The number of amides is 2. The Kier molecular flexibility index (Phi) is 10.0. The molecular weight excluding hydrogens is 605 g/mol. The van der Waals surface area contributed by atoms with E-state index in [1.54, 1.807) is 19.2 Å². The number of amidine groups is 1. The van der Waals surface area contributed by atoms with Gasteiger partial charge >= 0.3 is 5.97 Å². The monoisotopic (exact) mass is 634 g/mol. The highest BCUT2D eigenvalue weighted by Gasteiger charge is 2.54. The summed E-state index contributed by atoms with van der Waals surface area (Å²) >= 11 is 4.11. The third-order valence-electron chi connectivity index (χ3n) is 6.77. The van der Waals surface area contributed by atoms with Crippen molar-refractivity contribution < 1.29 is 23.9 Å². The van der Waals surface area contributed by atoms with Crippen LogP contribution in [0.1, 0.15) is 16.7 Å². The largest absolute Gasteiger partial charge is 0.497 e. The summed E-state index contributed by atoms with van der Waals surface area (Å²) < 4.78 is 10.9. The molecule has 3 aromatic rings. The molecule has 9 nitrogen and oxygen atoms in total. The average Bonchev–Trinajstić information content (AvgIpc) is 3.02. The van der Waals surface area contributed by atoms with E-state index in [0.29, 0.717) is 22.2 Å². The lowest BCUT2D eigenvalue weighted by Crippen LogP contribution is -2.70. The molecule has 0 saturated carbocycles. The molecule has 3 aromatic carbocycles. The number of nitrogens with one attached hydrogen (secondary N) is 2. The van der Waals surface area contributed by atoms with Crippen molar-refractivity contribution in [3.05, 3.63) is 106 Å². The lowest BCUT2D eigenvalue weighted by molar-refractivity contribution is -0.153. The Morgan fingerprint density at radius 2 is 1.77 bits per heavy atom. The Hall–Kier alpha value is -3.87. The molecule has 1 fully saturated rings. The standard InChI is InChI=1S/C31H30N4O5S3/c1-39-22-13-11-20(12-14-22)16-40-30(38)27-24(43-23-10-6-5-9-21(23)17-42-31(32)33)18-41-29-26(28(37)35(27)29)34-25(36)15-19-7-3-2-4-8-19/h2-14,26,29H,15-18H2,1H3,(H3,32,33)(H,34,36)/t26-,29-/m1/s1. The minimum Gasteiger partial charge on any atom is -0.497 e. The van der Waals surface area contributed by atoms with E-state index in [4.69, 9.17) is 20.6 Å². The first-order valence-corrected chi connectivity index (χ1v) is 16.2. The number of carbonyl (C=O) groups is 3. The van der Waals surface area contributed by atoms with Gasteiger partial charge in [-0.3, -0.25) is 19.9 Å². The lowest BCUT2D eigenvalue weighted by Gasteiger charge is -2.49. The van der Waals surface area contributed by atoms with Crippen molar-refractivity contribution in [2.45, 2.75) is 35.1 Å². The number of benzene rings is 3. The van der Waals surface area contributed by atoms with Crippen molar-refractivity contribution in [3.63, 3.8) is 0 Å². The zero-order valence-electron chi connectivity index (χ0n) is 23.3. The fourth-order valence-corrected chi connectivity index (χ4v) is 7.86. The molecule has 2 amide bonds. The van der Waals surface area contributed by atoms with Crippen LogP contribution in [-0.4, -0.2) is 52.1 Å². The second-order valence-electron chi connectivity index (χ2n) is 9.68. The smallest absolute Gasteiger partial charge is 0.356 e. The number of ether oxygens (including phenoxy) is 2. The fraction of sp³-hybridized carbons (Fsp3) is 0.226. The van der Waals surface area contributed by atoms with Crippen LogP contribution in [-0.2, 0) is 37.9 Å². The number of nitrogens with zero attached hydrogens (tertiary/aromatic N) is 1. The van der Waals surface area contributed by atoms with Crippen LogP contribution in [0.4, 0.5) is 0 Å². The van der Waals surface area contributed by atoms with Gasteiger partial charge < -0.3 is 20.5 Å². The SMILES string of the molecule is COc1ccc(COC(=O)C2=C(Sc3ccccc3CSC(=N)N)CS[C@@H]3[C@H](NC(=O)Cc4ccccc4)C(=O)N23)cc1. The zero-order chi connectivity index (χ0) is 30.3. The van der Waals surface area contributed by atoms with Crippen LogP contribution in [0.2, 0.25) is 0 Å². The van der Waals surface area contributed by atoms with Crippen molar-refractivity contribution in [1.82, 2.24) is 10.2 Å². The number of hydrogen-bond donors (Lipinski definition) is 3. The predicted molar refractivity (Wildman–Crippen MR) is 170 cm³/mol. The summed E-state index contributed by atoms with van der Waals surface area (Å²) in [5.41, 5.74) is 8.34. The third-order valence-corrected chi connectivity index (χ3v) is 10.2. The van der Waals surface area contributed by atoms with Crippen LogP contribution in [0.5, 0.6) is 5.75 Å². The van der Waals surface area contributed by atoms with Crippen LogP contribution >= 0.6 is 35.3 Å². The Bertz CT molecular complexity index is 1550. The number of rotatable bonds is 11. The minimum absolute atomic E-state index is 0.0180. The zero-order valence-corrected chi connectivity index (χ0v) is 25.7. The van der Waals surface area contributed by atoms with E-state index < -0.39 is 17.4 Å². The van der Waals surface area contributed by atoms with Gasteiger partial charge in [-0.05, 0) is 34.9 Å². The van der Waals surface area contributed by atoms with E-state index in [9.17, 15) is 14.4 Å². The number of carbonyl (C=O) groups excluding carboxylic acids is 3. The molecule has 0 aliphatic carbocycles. The van der Waals surface area contributed by atoms with Gasteiger partial charge in [-0.25, -0.2) is 4.79 Å². The molecule has 0 radical (unpaired) electrons. The van der Waals surface area contributed by atoms with Crippen molar-refractivity contribution in [2.24, 2.45) is 5.73 Å². The van der Waals surface area contributed by atoms with Gasteiger partial charge in [0.1, 0.15) is 29.5 Å². The summed E-state index contributed by atoms with van der Waals surface area (Å²) in [5, 5.41) is 10.0. The second kappa shape index (κ2) is 14.1. The van der Waals surface area contributed by atoms with Crippen molar-refractivity contribution >= 4 is 58.2 Å². The van der Waals surface area contributed by atoms with E-state index in [1.807, 2.05) is 66.7 Å². The highest BCUT2D eigenvalue weighted by atomic mass is 32.2. The molecule has 2 aliphatic rings. The maximum absolute atomic E-state index is 13.6. The molecule has 0 spiro atoms. The second-order valence-corrected chi connectivity index (χ2v) is 12.9. The summed E-state index contributed by atoms with van der Waals surface area (Å²) in [7, 11) is 1.58. The molecule has 2 atom stereocenters. The van der Waals surface area contributed by atoms with Gasteiger partial charge in [0.2, 0.25) is 5.91 Å². The molecule has 4 N–H and O–H groups in total. The molecule has 43 heavy (non-hydrogen) atoms. The lowest BCUT2D eigenvalue weighted by atomic mass is 10.0. The first-order chi connectivity index (χ1) is 20.8. The van der Waals surface area contributed by atoms with Gasteiger partial charge in [0.15, 0.2) is 5.17 Å². The molecule has 5 rings (SSSR count). The number of methoxy groups -OCH3 is 1. The van der Waals surface area contributed by atoms with E-state index in [1.165, 1.54) is 40.2 Å². The minimum atomic E-state index is -0.739. The van der Waals surface area contributed by atoms with Crippen LogP contribution < -0.4 is 15.8 Å². The van der Waals surface area contributed by atoms with Gasteiger partial charge in [0, 0.05) is 21.3 Å². The Labute approximate surface area is 262 Å². The topological polar surface area (TPSA) is 135 Å². The summed E-state index contributed by atoms with van der Waals surface area (Å²) in [6, 6.07) is 23.5. The number of esters is 1. The van der Waals surface area contributed by atoms with Crippen LogP contribution in [0.15, 0.2) is 94.4 Å². The first kappa shape index (κ1) is 30.6. The molecule has 12 heteroatoms. The molecular formula is C31H30N4O5S3. The number of thioether (sulfide) groups is 3. The average molecular weight is 635 g/mol. The number of β-lactam (4-membered cyclic amide) rings is 1. The molecule has 222 valence electrons. The van der Waals surface area contributed by atoms with Crippen molar-refractivity contribution in [1.29, 1.82) is 5.41 Å². The van der Waals surface area contributed by atoms with Gasteiger partial charge in [-0.2, -0.15) is 0 Å². The highest BCUT2D eigenvalue weighted by molar-refractivity contribution is 8.13. The van der Waals surface area contributed by atoms with Crippen molar-refractivity contribution in [2.75, 3.05) is 12.9 Å². The first-order valence-electron chi connectivity index (χ1n) is 13.4.